The summed E-state index contributed by atoms with van der Waals surface area (Å²) >= 11 is 0. The Morgan fingerprint density at radius 1 is 0.406 bits per heavy atom. The number of rotatable bonds is 15. The van der Waals surface area contributed by atoms with E-state index in [0.717, 1.165) is 81.2 Å². The Hall–Kier alpha value is -7.74. The van der Waals surface area contributed by atoms with Crippen molar-refractivity contribution < 1.29 is 14.2 Å². The van der Waals surface area contributed by atoms with E-state index in [9.17, 15) is 0 Å². The highest BCUT2D eigenvalue weighted by molar-refractivity contribution is 5.84. The fraction of sp³-hybridized carbons (Fsp3) is 0.123. The molecule has 7 nitrogen and oxygen atoms in total. The number of ether oxygens (including phenoxy) is 3. The summed E-state index contributed by atoms with van der Waals surface area (Å²) in [6.45, 7) is 0. The van der Waals surface area contributed by atoms with Crippen LogP contribution in [0.2, 0.25) is 0 Å². The van der Waals surface area contributed by atoms with Gasteiger partial charge in [0.15, 0.2) is 0 Å². The molecule has 2 aliphatic rings. The van der Waals surface area contributed by atoms with Crippen LogP contribution in [-0.2, 0) is 4.74 Å². The molecule has 7 heteroatoms. The number of nitrogens with zero attached hydrogens (tertiary/aromatic N) is 4. The zero-order chi connectivity index (χ0) is 43.7. The van der Waals surface area contributed by atoms with E-state index in [1.807, 2.05) is 36.4 Å². The van der Waals surface area contributed by atoms with Gasteiger partial charge < -0.3 is 33.8 Å². The molecule has 2 aliphatic carbocycles. The molecule has 0 saturated heterocycles. The molecule has 0 heterocycles. The molecule has 0 spiro atoms. The first-order valence-corrected chi connectivity index (χ1v) is 21.7. The zero-order valence-electron chi connectivity index (χ0n) is 36.4. The summed E-state index contributed by atoms with van der Waals surface area (Å²) < 4.78 is 17.1. The van der Waals surface area contributed by atoms with Gasteiger partial charge in [0.1, 0.15) is 11.5 Å². The number of para-hydroxylation sites is 2. The van der Waals surface area contributed by atoms with Crippen molar-refractivity contribution in [1.29, 1.82) is 0 Å². The third-order valence-corrected chi connectivity index (χ3v) is 11.7. The molecule has 2 unspecified atom stereocenters. The van der Waals surface area contributed by atoms with Gasteiger partial charge in [0.25, 0.3) is 0 Å². The summed E-state index contributed by atoms with van der Waals surface area (Å²) in [4.78, 5) is 9.29. The SMILES string of the molecule is COc1cccc(N(c2ccccc2)c2ccc(N(c3ccc(N(c4ccccc4)c4cccc(OC)c4)cc3)c3ccc(N(C4=CC=CC(OC)C4)C4C=CC=CC4)cc3)cc2)c1. The quantitative estimate of drug-likeness (QED) is 0.102. The largest absolute Gasteiger partial charge is 0.497 e. The number of benzene rings is 7. The maximum Gasteiger partial charge on any atom is 0.120 e. The highest BCUT2D eigenvalue weighted by atomic mass is 16.5. The molecule has 64 heavy (non-hydrogen) atoms. The Bertz CT molecular complexity index is 2610. The Morgan fingerprint density at radius 2 is 0.828 bits per heavy atom. The molecule has 2 atom stereocenters. The van der Waals surface area contributed by atoms with Gasteiger partial charge in [-0.15, -0.1) is 0 Å². The maximum atomic E-state index is 5.80. The van der Waals surface area contributed by atoms with Crippen molar-refractivity contribution in [2.24, 2.45) is 0 Å². The van der Waals surface area contributed by atoms with Gasteiger partial charge in [-0.2, -0.15) is 0 Å². The average Bonchev–Trinajstić information content (AvgIpc) is 3.37. The topological polar surface area (TPSA) is 40.7 Å². The van der Waals surface area contributed by atoms with Crippen LogP contribution in [0.4, 0.5) is 56.9 Å². The molecule has 7 aromatic rings. The molecule has 318 valence electrons. The van der Waals surface area contributed by atoms with Gasteiger partial charge in [0.05, 0.1) is 26.4 Å². The minimum absolute atomic E-state index is 0.0368. The lowest BCUT2D eigenvalue weighted by atomic mass is 10.0. The van der Waals surface area contributed by atoms with Crippen LogP contribution in [0, 0.1) is 0 Å². The molecular weight excluding hydrogens is 789 g/mol. The van der Waals surface area contributed by atoms with E-state index in [1.165, 1.54) is 5.70 Å². The van der Waals surface area contributed by atoms with Crippen LogP contribution in [0.3, 0.4) is 0 Å². The summed E-state index contributed by atoms with van der Waals surface area (Å²) in [6.07, 6.45) is 17.0. The van der Waals surface area contributed by atoms with Crippen LogP contribution in [0.5, 0.6) is 11.5 Å². The predicted octanol–water partition coefficient (Wildman–Crippen LogP) is 14.7. The van der Waals surface area contributed by atoms with Crippen molar-refractivity contribution >= 4 is 56.9 Å². The van der Waals surface area contributed by atoms with Gasteiger partial charge in [-0.25, -0.2) is 0 Å². The van der Waals surface area contributed by atoms with E-state index in [4.69, 9.17) is 14.2 Å². The summed E-state index contributed by atoms with van der Waals surface area (Å²) in [5, 5.41) is 0. The first kappa shape index (κ1) is 41.6. The van der Waals surface area contributed by atoms with Crippen molar-refractivity contribution in [2.45, 2.75) is 25.0 Å². The molecular formula is C57H52N4O3. The molecule has 0 fully saturated rings. The van der Waals surface area contributed by atoms with Gasteiger partial charge in [-0.3, -0.25) is 0 Å². The summed E-state index contributed by atoms with van der Waals surface area (Å²) in [5.74, 6) is 1.60. The zero-order valence-corrected chi connectivity index (χ0v) is 36.4. The average molecular weight is 841 g/mol. The third kappa shape index (κ3) is 9.07. The lowest BCUT2D eigenvalue weighted by molar-refractivity contribution is 0.139. The molecule has 7 aromatic carbocycles. The highest BCUT2D eigenvalue weighted by Gasteiger charge is 2.25. The molecule has 0 bridgehead atoms. The number of methoxy groups -OCH3 is 3. The second-order valence-corrected chi connectivity index (χ2v) is 15.6. The van der Waals surface area contributed by atoms with Gasteiger partial charge in [0.2, 0.25) is 0 Å². The van der Waals surface area contributed by atoms with Crippen molar-refractivity contribution in [3.63, 3.8) is 0 Å². The number of hydrogen-bond donors (Lipinski definition) is 0. The van der Waals surface area contributed by atoms with Crippen LogP contribution < -0.4 is 29.1 Å². The molecule has 0 amide bonds. The summed E-state index contributed by atoms with van der Waals surface area (Å²) in [6, 6.07) is 64.0. The van der Waals surface area contributed by atoms with Crippen LogP contribution in [0.15, 0.2) is 230 Å². The third-order valence-electron chi connectivity index (χ3n) is 11.7. The molecule has 0 saturated carbocycles. The molecule has 0 aliphatic heterocycles. The van der Waals surface area contributed by atoms with Crippen molar-refractivity contribution in [3.8, 4) is 11.5 Å². The van der Waals surface area contributed by atoms with Crippen LogP contribution in [0.25, 0.3) is 0 Å². The van der Waals surface area contributed by atoms with E-state index in [0.29, 0.717) is 0 Å². The van der Waals surface area contributed by atoms with E-state index >= 15 is 0 Å². The number of anilines is 10. The van der Waals surface area contributed by atoms with Crippen molar-refractivity contribution in [2.75, 3.05) is 40.9 Å². The van der Waals surface area contributed by atoms with Crippen molar-refractivity contribution in [3.05, 3.63) is 230 Å². The van der Waals surface area contributed by atoms with E-state index in [2.05, 4.69) is 208 Å². The lowest BCUT2D eigenvalue weighted by Crippen LogP contribution is -2.35. The Kier molecular flexibility index (Phi) is 12.7. The van der Waals surface area contributed by atoms with Crippen LogP contribution in [-0.4, -0.2) is 33.5 Å². The Balaban J connectivity index is 1.12. The lowest BCUT2D eigenvalue weighted by Gasteiger charge is -2.36. The van der Waals surface area contributed by atoms with Gasteiger partial charge in [0, 0.05) is 88.2 Å². The second kappa shape index (κ2) is 19.5. The number of allylic oxidation sites excluding steroid dienone is 4. The van der Waals surface area contributed by atoms with Crippen molar-refractivity contribution in [1.82, 2.24) is 0 Å². The summed E-state index contributed by atoms with van der Waals surface area (Å²) in [5.41, 5.74) is 11.6. The first-order chi connectivity index (χ1) is 31.6. The molecule has 0 aromatic heterocycles. The van der Waals surface area contributed by atoms with E-state index < -0.39 is 0 Å². The summed E-state index contributed by atoms with van der Waals surface area (Å²) in [7, 11) is 5.19. The molecule has 0 N–H and O–H groups in total. The molecule has 9 rings (SSSR count). The standard InChI is InChI=1S/C57H52N4O3/c1-62-55-25-13-22-52(40-55)59(43-16-7-4-8-17-43)49-34-28-46(29-35-49)58(47-30-36-50(37-31-47)60(44-18-9-5-10-19-44)53-23-14-26-56(41-53)63-2)48-32-38-51(39-33-48)61(45-20-11-6-12-21-45)54-24-15-27-57(42-54)64-3/h4-20,22-41,45,57H,21,42H2,1-3H3. The molecule has 0 radical (unpaired) electrons. The minimum atomic E-state index is 0.0368. The Labute approximate surface area is 377 Å². The van der Waals surface area contributed by atoms with Gasteiger partial charge >= 0.3 is 0 Å². The predicted molar refractivity (Wildman–Crippen MR) is 265 cm³/mol. The fourth-order valence-corrected chi connectivity index (χ4v) is 8.56. The van der Waals surface area contributed by atoms with E-state index in [1.54, 1.807) is 21.3 Å². The van der Waals surface area contributed by atoms with Crippen LogP contribution in [0.1, 0.15) is 12.8 Å². The van der Waals surface area contributed by atoms with Gasteiger partial charge in [-0.05, 0) is 134 Å². The monoisotopic (exact) mass is 840 g/mol. The second-order valence-electron chi connectivity index (χ2n) is 15.6. The van der Waals surface area contributed by atoms with Crippen LogP contribution >= 0.6 is 0 Å². The maximum absolute atomic E-state index is 5.80. The highest BCUT2D eigenvalue weighted by Crippen LogP contribution is 2.43. The number of hydrogen-bond acceptors (Lipinski definition) is 7. The normalized spacial score (nSPS) is 15.3. The van der Waals surface area contributed by atoms with E-state index in [-0.39, 0.29) is 12.1 Å². The fourth-order valence-electron chi connectivity index (χ4n) is 8.56. The minimum Gasteiger partial charge on any atom is -0.497 e. The van der Waals surface area contributed by atoms with Gasteiger partial charge in [-0.1, -0.05) is 85.0 Å². The Morgan fingerprint density at radius 3 is 1.25 bits per heavy atom. The first-order valence-electron chi connectivity index (χ1n) is 21.7. The smallest absolute Gasteiger partial charge is 0.120 e.